The standard InChI is InChI=1S/C12H21FN4O/c1-8(2)10(17(3)4)7-15-12-14-6-9(13)11(16-12)18-5/h6,8,10H,7H2,1-5H3,(H,14,15,16). The molecule has 0 aromatic carbocycles. The SMILES string of the molecule is COc1nc(NCC(C(C)C)N(C)C)ncc1F. The Balaban J connectivity index is 2.67. The van der Waals surface area contributed by atoms with Gasteiger partial charge < -0.3 is 15.0 Å². The molecule has 0 spiro atoms. The highest BCUT2D eigenvalue weighted by Gasteiger charge is 2.16. The highest BCUT2D eigenvalue weighted by molar-refractivity contribution is 5.28. The van der Waals surface area contributed by atoms with Crippen LogP contribution in [-0.2, 0) is 0 Å². The normalized spacial score (nSPS) is 12.9. The lowest BCUT2D eigenvalue weighted by Crippen LogP contribution is -2.38. The van der Waals surface area contributed by atoms with Crippen LogP contribution in [0.1, 0.15) is 13.8 Å². The molecule has 1 rings (SSSR count). The minimum absolute atomic E-state index is 0.0431. The van der Waals surface area contributed by atoms with E-state index in [1.165, 1.54) is 7.11 Å². The molecule has 102 valence electrons. The van der Waals surface area contributed by atoms with Crippen LogP contribution in [0.2, 0.25) is 0 Å². The third kappa shape index (κ3) is 3.80. The summed E-state index contributed by atoms with van der Waals surface area (Å²) >= 11 is 0. The molecular weight excluding hydrogens is 235 g/mol. The summed E-state index contributed by atoms with van der Waals surface area (Å²) < 4.78 is 18.0. The van der Waals surface area contributed by atoms with Crippen LogP contribution in [0.5, 0.6) is 5.88 Å². The molecule has 5 nitrogen and oxygen atoms in total. The van der Waals surface area contributed by atoms with E-state index in [0.717, 1.165) is 6.20 Å². The van der Waals surface area contributed by atoms with E-state index in [4.69, 9.17) is 4.74 Å². The largest absolute Gasteiger partial charge is 0.479 e. The van der Waals surface area contributed by atoms with Gasteiger partial charge in [-0.1, -0.05) is 13.8 Å². The molecule has 0 amide bonds. The topological polar surface area (TPSA) is 50.3 Å². The Morgan fingerprint density at radius 1 is 1.44 bits per heavy atom. The maximum absolute atomic E-state index is 13.1. The summed E-state index contributed by atoms with van der Waals surface area (Å²) in [5.74, 6) is 0.269. The second-order valence-corrected chi connectivity index (χ2v) is 4.71. The minimum Gasteiger partial charge on any atom is -0.479 e. The van der Waals surface area contributed by atoms with Crippen LogP contribution in [-0.4, -0.2) is 48.7 Å². The molecule has 6 heteroatoms. The number of hydrogen-bond acceptors (Lipinski definition) is 5. The molecule has 1 heterocycles. The van der Waals surface area contributed by atoms with E-state index in [9.17, 15) is 4.39 Å². The maximum atomic E-state index is 13.1. The van der Waals surface area contributed by atoms with Gasteiger partial charge in [-0.25, -0.2) is 4.98 Å². The zero-order chi connectivity index (χ0) is 13.7. The van der Waals surface area contributed by atoms with Crippen LogP contribution in [0, 0.1) is 11.7 Å². The first-order valence-corrected chi connectivity index (χ1v) is 5.92. The third-order valence-electron chi connectivity index (χ3n) is 2.81. The number of hydrogen-bond donors (Lipinski definition) is 1. The molecule has 1 unspecified atom stereocenters. The Bertz CT molecular complexity index is 376. The second-order valence-electron chi connectivity index (χ2n) is 4.71. The lowest BCUT2D eigenvalue weighted by atomic mass is 10.0. The van der Waals surface area contributed by atoms with E-state index >= 15 is 0 Å². The number of rotatable bonds is 6. The minimum atomic E-state index is -0.559. The summed E-state index contributed by atoms with van der Waals surface area (Å²) in [6.45, 7) is 5.00. The van der Waals surface area contributed by atoms with Crippen LogP contribution < -0.4 is 10.1 Å². The third-order valence-corrected chi connectivity index (χ3v) is 2.81. The zero-order valence-electron chi connectivity index (χ0n) is 11.6. The molecule has 1 aromatic heterocycles. The maximum Gasteiger partial charge on any atom is 0.255 e. The Morgan fingerprint density at radius 2 is 2.11 bits per heavy atom. The summed E-state index contributed by atoms with van der Waals surface area (Å²) in [6, 6.07) is 0.352. The Labute approximate surface area is 107 Å². The lowest BCUT2D eigenvalue weighted by Gasteiger charge is -2.28. The highest BCUT2D eigenvalue weighted by atomic mass is 19.1. The Kier molecular flexibility index (Phi) is 5.27. The number of halogens is 1. The average molecular weight is 256 g/mol. The summed E-state index contributed by atoms with van der Waals surface area (Å²) in [6.07, 6.45) is 1.11. The van der Waals surface area contributed by atoms with Gasteiger partial charge in [0.05, 0.1) is 13.3 Å². The molecule has 1 N–H and O–H groups in total. The van der Waals surface area contributed by atoms with Gasteiger partial charge in [-0.3, -0.25) is 0 Å². The number of anilines is 1. The van der Waals surface area contributed by atoms with Crippen molar-refractivity contribution in [1.29, 1.82) is 0 Å². The first kappa shape index (κ1) is 14.6. The van der Waals surface area contributed by atoms with Gasteiger partial charge in [-0.2, -0.15) is 9.37 Å². The summed E-state index contributed by atoms with van der Waals surface area (Å²) in [4.78, 5) is 9.96. The fourth-order valence-corrected chi connectivity index (χ4v) is 1.79. The monoisotopic (exact) mass is 256 g/mol. The van der Waals surface area contributed by atoms with Crippen molar-refractivity contribution >= 4 is 5.95 Å². The number of ether oxygens (including phenoxy) is 1. The number of nitrogens with one attached hydrogen (secondary N) is 1. The molecule has 0 radical (unpaired) electrons. The van der Waals surface area contributed by atoms with Gasteiger partial charge in [0.2, 0.25) is 11.8 Å². The number of likely N-dealkylation sites (N-methyl/N-ethyl adjacent to an activating group) is 1. The molecule has 0 aliphatic heterocycles. The predicted octanol–water partition coefficient (Wildman–Crippen LogP) is 1.62. The second kappa shape index (κ2) is 6.49. The number of methoxy groups -OCH3 is 1. The van der Waals surface area contributed by atoms with Crippen molar-refractivity contribution in [2.24, 2.45) is 5.92 Å². The molecule has 18 heavy (non-hydrogen) atoms. The van der Waals surface area contributed by atoms with Gasteiger partial charge in [-0.05, 0) is 20.0 Å². The highest BCUT2D eigenvalue weighted by Crippen LogP contribution is 2.14. The van der Waals surface area contributed by atoms with Gasteiger partial charge >= 0.3 is 0 Å². The summed E-state index contributed by atoms with van der Waals surface area (Å²) in [7, 11) is 5.43. The molecule has 0 aliphatic carbocycles. The Hall–Kier alpha value is -1.43. The predicted molar refractivity (Wildman–Crippen MR) is 69.3 cm³/mol. The number of nitrogens with zero attached hydrogens (tertiary/aromatic N) is 3. The van der Waals surface area contributed by atoms with Crippen molar-refractivity contribution in [2.75, 3.05) is 33.1 Å². The van der Waals surface area contributed by atoms with Gasteiger partial charge in [0, 0.05) is 12.6 Å². The molecule has 1 aromatic rings. The van der Waals surface area contributed by atoms with Gasteiger partial charge in [0.1, 0.15) is 0 Å². The molecule has 0 saturated carbocycles. The van der Waals surface area contributed by atoms with Crippen molar-refractivity contribution in [3.8, 4) is 5.88 Å². The lowest BCUT2D eigenvalue weighted by molar-refractivity contribution is 0.243. The van der Waals surface area contributed by atoms with Crippen molar-refractivity contribution in [2.45, 2.75) is 19.9 Å². The van der Waals surface area contributed by atoms with Crippen LogP contribution in [0.3, 0.4) is 0 Å². The molecule has 1 atom stereocenters. The fraction of sp³-hybridized carbons (Fsp3) is 0.667. The van der Waals surface area contributed by atoms with Crippen LogP contribution >= 0.6 is 0 Å². The van der Waals surface area contributed by atoms with Crippen molar-refractivity contribution < 1.29 is 9.13 Å². The van der Waals surface area contributed by atoms with Crippen molar-refractivity contribution in [3.05, 3.63) is 12.0 Å². The molecule has 0 bridgehead atoms. The molecule has 0 aliphatic rings. The van der Waals surface area contributed by atoms with Crippen LogP contribution in [0.4, 0.5) is 10.3 Å². The fourth-order valence-electron chi connectivity index (χ4n) is 1.79. The zero-order valence-corrected chi connectivity index (χ0v) is 11.6. The van der Waals surface area contributed by atoms with E-state index in [2.05, 4.69) is 34.0 Å². The van der Waals surface area contributed by atoms with Gasteiger partial charge in [0.25, 0.3) is 5.88 Å². The summed E-state index contributed by atoms with van der Waals surface area (Å²) in [5, 5.41) is 3.10. The van der Waals surface area contributed by atoms with E-state index < -0.39 is 5.82 Å². The smallest absolute Gasteiger partial charge is 0.255 e. The summed E-state index contributed by atoms with van der Waals surface area (Å²) in [5.41, 5.74) is 0. The number of aromatic nitrogens is 2. The average Bonchev–Trinajstić information content (AvgIpc) is 2.30. The molecule has 0 fully saturated rings. The van der Waals surface area contributed by atoms with E-state index in [1.54, 1.807) is 0 Å². The van der Waals surface area contributed by atoms with E-state index in [1.807, 2.05) is 14.1 Å². The molecular formula is C12H21FN4O. The molecule has 0 saturated heterocycles. The van der Waals surface area contributed by atoms with Crippen molar-refractivity contribution in [3.63, 3.8) is 0 Å². The van der Waals surface area contributed by atoms with Gasteiger partial charge in [-0.15, -0.1) is 0 Å². The van der Waals surface area contributed by atoms with E-state index in [0.29, 0.717) is 24.5 Å². The quantitative estimate of drug-likeness (QED) is 0.838. The first-order chi connectivity index (χ1) is 8.45. The van der Waals surface area contributed by atoms with E-state index in [-0.39, 0.29) is 5.88 Å². The Morgan fingerprint density at radius 3 is 2.61 bits per heavy atom. The van der Waals surface area contributed by atoms with Crippen molar-refractivity contribution in [1.82, 2.24) is 14.9 Å². The van der Waals surface area contributed by atoms with Crippen LogP contribution in [0.25, 0.3) is 0 Å². The van der Waals surface area contributed by atoms with Crippen LogP contribution in [0.15, 0.2) is 6.20 Å². The first-order valence-electron chi connectivity index (χ1n) is 5.92. The van der Waals surface area contributed by atoms with Gasteiger partial charge in [0.15, 0.2) is 0 Å².